The molecule has 0 aromatic heterocycles. The fourth-order valence-electron chi connectivity index (χ4n) is 2.48. The summed E-state index contributed by atoms with van der Waals surface area (Å²) in [4.78, 5) is 2.17. The van der Waals surface area contributed by atoms with E-state index in [1.165, 1.54) is 25.7 Å². The van der Waals surface area contributed by atoms with E-state index in [-0.39, 0.29) is 6.61 Å². The van der Waals surface area contributed by atoms with Crippen LogP contribution in [0.2, 0.25) is 0 Å². The lowest BCUT2D eigenvalue weighted by Crippen LogP contribution is -2.33. The molecule has 0 heterocycles. The minimum absolute atomic E-state index is 0.202. The predicted molar refractivity (Wildman–Crippen MR) is 71.1 cm³/mol. The highest BCUT2D eigenvalue weighted by atomic mass is 16.5. The van der Waals surface area contributed by atoms with Gasteiger partial charge in [0.25, 0.3) is 0 Å². The van der Waals surface area contributed by atoms with E-state index in [4.69, 9.17) is 9.84 Å². The number of hydrogen-bond donors (Lipinski definition) is 1. The quantitative estimate of drug-likeness (QED) is 0.660. The van der Waals surface area contributed by atoms with E-state index in [0.29, 0.717) is 18.6 Å². The highest BCUT2D eigenvalue weighted by molar-refractivity contribution is 4.75. The first-order valence-corrected chi connectivity index (χ1v) is 6.83. The number of nitrogens with zero attached hydrogens (tertiary/aromatic N) is 1. The van der Waals surface area contributed by atoms with Crippen molar-refractivity contribution in [2.24, 2.45) is 5.92 Å². The summed E-state index contributed by atoms with van der Waals surface area (Å²) < 4.78 is 5.96. The first-order valence-electron chi connectivity index (χ1n) is 6.83. The Bertz CT molecular complexity index is 208. The molecule has 1 fully saturated rings. The van der Waals surface area contributed by atoms with Crippen molar-refractivity contribution in [2.45, 2.75) is 38.7 Å². The molecule has 100 valence electrons. The highest BCUT2D eigenvalue weighted by Gasteiger charge is 2.21. The zero-order valence-electron chi connectivity index (χ0n) is 11.1. The normalized spacial score (nSPS) is 25.1. The number of aliphatic hydroxyl groups is 1. The molecule has 1 aliphatic rings. The number of rotatable bonds is 8. The third-order valence-electron chi connectivity index (χ3n) is 3.58. The van der Waals surface area contributed by atoms with Crippen LogP contribution in [-0.4, -0.2) is 49.0 Å². The molecular formula is C14H27NO2. The molecule has 0 aliphatic heterocycles. The molecule has 0 amide bonds. The van der Waals surface area contributed by atoms with Crippen LogP contribution in [0.1, 0.15) is 32.6 Å². The molecule has 3 heteroatoms. The molecule has 2 unspecified atom stereocenters. The van der Waals surface area contributed by atoms with Crippen molar-refractivity contribution in [3.63, 3.8) is 0 Å². The SMILES string of the molecule is C=CCN(CCO)CCOC1CCCCC1C. The Balaban J connectivity index is 2.17. The maximum absolute atomic E-state index is 8.94. The maximum Gasteiger partial charge on any atom is 0.0601 e. The van der Waals surface area contributed by atoms with Gasteiger partial charge in [0.15, 0.2) is 0 Å². The van der Waals surface area contributed by atoms with E-state index in [1.54, 1.807) is 0 Å². The van der Waals surface area contributed by atoms with E-state index in [2.05, 4.69) is 18.4 Å². The highest BCUT2D eigenvalue weighted by Crippen LogP contribution is 2.26. The van der Waals surface area contributed by atoms with Crippen LogP contribution < -0.4 is 0 Å². The minimum Gasteiger partial charge on any atom is -0.395 e. The fourth-order valence-corrected chi connectivity index (χ4v) is 2.48. The zero-order valence-corrected chi connectivity index (χ0v) is 11.1. The van der Waals surface area contributed by atoms with Gasteiger partial charge >= 0.3 is 0 Å². The van der Waals surface area contributed by atoms with Crippen molar-refractivity contribution in [3.05, 3.63) is 12.7 Å². The van der Waals surface area contributed by atoms with E-state index >= 15 is 0 Å². The summed E-state index contributed by atoms with van der Waals surface area (Å²) in [5.74, 6) is 0.703. The molecule has 0 radical (unpaired) electrons. The molecule has 17 heavy (non-hydrogen) atoms. The van der Waals surface area contributed by atoms with Crippen LogP contribution in [0.4, 0.5) is 0 Å². The summed E-state index contributed by atoms with van der Waals surface area (Å²) in [5, 5.41) is 8.94. The minimum atomic E-state index is 0.202. The van der Waals surface area contributed by atoms with Gasteiger partial charge in [0.1, 0.15) is 0 Å². The third-order valence-corrected chi connectivity index (χ3v) is 3.58. The van der Waals surface area contributed by atoms with Crippen molar-refractivity contribution < 1.29 is 9.84 Å². The first kappa shape index (κ1) is 14.7. The van der Waals surface area contributed by atoms with Crippen molar-refractivity contribution in [1.29, 1.82) is 0 Å². The standard InChI is InChI=1S/C14H27NO2/c1-3-8-15(9-11-16)10-12-17-14-7-5-4-6-13(14)2/h3,13-14,16H,1,4-12H2,2H3. The third kappa shape index (κ3) is 5.66. The smallest absolute Gasteiger partial charge is 0.0601 e. The van der Waals surface area contributed by atoms with Crippen LogP contribution >= 0.6 is 0 Å². The summed E-state index contributed by atoms with van der Waals surface area (Å²) in [6.07, 6.45) is 7.50. The van der Waals surface area contributed by atoms with Crippen LogP contribution in [0, 0.1) is 5.92 Å². The number of aliphatic hydroxyl groups excluding tert-OH is 1. The lowest BCUT2D eigenvalue weighted by molar-refractivity contribution is -0.0138. The molecule has 2 atom stereocenters. The van der Waals surface area contributed by atoms with Gasteiger partial charge < -0.3 is 9.84 Å². The van der Waals surface area contributed by atoms with Crippen LogP contribution in [0.5, 0.6) is 0 Å². The van der Waals surface area contributed by atoms with Gasteiger partial charge in [-0.2, -0.15) is 0 Å². The topological polar surface area (TPSA) is 32.7 Å². The van der Waals surface area contributed by atoms with Gasteiger partial charge in [-0.1, -0.05) is 25.8 Å². The maximum atomic E-state index is 8.94. The van der Waals surface area contributed by atoms with Crippen molar-refractivity contribution in [2.75, 3.05) is 32.8 Å². The molecule has 0 spiro atoms. The second-order valence-corrected chi connectivity index (χ2v) is 4.98. The molecular weight excluding hydrogens is 214 g/mol. The molecule has 0 bridgehead atoms. The van der Waals surface area contributed by atoms with Gasteiger partial charge in [0.2, 0.25) is 0 Å². The molecule has 1 rings (SSSR count). The Morgan fingerprint density at radius 2 is 2.12 bits per heavy atom. The monoisotopic (exact) mass is 241 g/mol. The molecule has 0 aromatic carbocycles. The average Bonchev–Trinajstić information content (AvgIpc) is 2.32. The van der Waals surface area contributed by atoms with Crippen molar-refractivity contribution in [1.82, 2.24) is 4.90 Å². The summed E-state index contributed by atoms with van der Waals surface area (Å²) in [7, 11) is 0. The van der Waals surface area contributed by atoms with E-state index in [0.717, 1.165) is 19.7 Å². The van der Waals surface area contributed by atoms with E-state index in [1.807, 2.05) is 6.08 Å². The predicted octanol–water partition coefficient (Wildman–Crippen LogP) is 2.06. The lowest BCUT2D eigenvalue weighted by atomic mass is 9.88. The summed E-state index contributed by atoms with van der Waals surface area (Å²) in [6, 6.07) is 0. The molecule has 1 saturated carbocycles. The zero-order chi connectivity index (χ0) is 12.5. The Hall–Kier alpha value is -0.380. The molecule has 3 nitrogen and oxygen atoms in total. The van der Waals surface area contributed by atoms with Crippen LogP contribution in [-0.2, 0) is 4.74 Å². The Morgan fingerprint density at radius 3 is 2.76 bits per heavy atom. The second-order valence-electron chi connectivity index (χ2n) is 4.98. The Morgan fingerprint density at radius 1 is 1.35 bits per heavy atom. The van der Waals surface area contributed by atoms with Crippen LogP contribution in [0.15, 0.2) is 12.7 Å². The largest absolute Gasteiger partial charge is 0.395 e. The van der Waals surface area contributed by atoms with Gasteiger partial charge in [0, 0.05) is 19.6 Å². The Labute approximate surface area is 105 Å². The summed E-state index contributed by atoms with van der Waals surface area (Å²) in [6.45, 7) is 9.40. The first-order chi connectivity index (χ1) is 8.27. The van der Waals surface area contributed by atoms with Crippen LogP contribution in [0.3, 0.4) is 0 Å². The van der Waals surface area contributed by atoms with Gasteiger partial charge in [-0.3, -0.25) is 4.90 Å². The number of hydrogen-bond acceptors (Lipinski definition) is 3. The molecule has 0 aromatic rings. The van der Waals surface area contributed by atoms with Gasteiger partial charge in [-0.25, -0.2) is 0 Å². The molecule has 0 saturated heterocycles. The fraction of sp³-hybridized carbons (Fsp3) is 0.857. The van der Waals surface area contributed by atoms with Gasteiger partial charge in [-0.05, 0) is 18.8 Å². The molecule has 1 N–H and O–H groups in total. The lowest BCUT2D eigenvalue weighted by Gasteiger charge is -2.29. The summed E-state index contributed by atoms with van der Waals surface area (Å²) >= 11 is 0. The van der Waals surface area contributed by atoms with E-state index in [9.17, 15) is 0 Å². The van der Waals surface area contributed by atoms with Crippen molar-refractivity contribution in [3.8, 4) is 0 Å². The van der Waals surface area contributed by atoms with Crippen molar-refractivity contribution >= 4 is 0 Å². The van der Waals surface area contributed by atoms with Gasteiger partial charge in [0.05, 0.1) is 19.3 Å². The average molecular weight is 241 g/mol. The number of ether oxygens (including phenoxy) is 1. The van der Waals surface area contributed by atoms with Gasteiger partial charge in [-0.15, -0.1) is 6.58 Å². The van der Waals surface area contributed by atoms with Crippen LogP contribution in [0.25, 0.3) is 0 Å². The van der Waals surface area contributed by atoms with E-state index < -0.39 is 0 Å². The Kier molecular flexibility index (Phi) is 7.49. The second kappa shape index (κ2) is 8.67. The summed E-state index contributed by atoms with van der Waals surface area (Å²) in [5.41, 5.74) is 0. The molecule has 1 aliphatic carbocycles.